The van der Waals surface area contributed by atoms with E-state index in [0.717, 1.165) is 25.3 Å². The van der Waals surface area contributed by atoms with E-state index >= 15 is 0 Å². The van der Waals surface area contributed by atoms with E-state index in [4.69, 9.17) is 9.47 Å². The van der Waals surface area contributed by atoms with Gasteiger partial charge >= 0.3 is 0 Å². The number of hydrogen-bond donors (Lipinski definition) is 0. The highest BCUT2D eigenvalue weighted by molar-refractivity contribution is 5.20. The molecule has 0 radical (unpaired) electrons. The summed E-state index contributed by atoms with van der Waals surface area (Å²) >= 11 is 0. The number of ether oxygens (including phenoxy) is 2. The van der Waals surface area contributed by atoms with E-state index in [1.54, 1.807) is 14.2 Å². The van der Waals surface area contributed by atoms with Gasteiger partial charge in [-0.2, -0.15) is 0 Å². The molecule has 0 fully saturated rings. The third-order valence-corrected chi connectivity index (χ3v) is 5.56. The molecular weight excluding hydrogens is 353 g/mol. The molecule has 0 amide bonds. The summed E-state index contributed by atoms with van der Waals surface area (Å²) in [5, 5.41) is 0. The Morgan fingerprint density at radius 2 is 1.41 bits per heavy atom. The van der Waals surface area contributed by atoms with Gasteiger partial charge in [0.05, 0.1) is 0 Å². The van der Waals surface area contributed by atoms with E-state index in [0.29, 0.717) is 25.3 Å². The van der Waals surface area contributed by atoms with Gasteiger partial charge < -0.3 is 9.47 Å². The summed E-state index contributed by atoms with van der Waals surface area (Å²) in [5.41, 5.74) is 0.194. The summed E-state index contributed by atoms with van der Waals surface area (Å²) in [4.78, 5) is 0. The standard InChI is InChI=1S/C22H35F3O2/c1-5-7-8-9-10-11-12-18(22(6-2,26-3)27-4)14-13-17-15-20(24)21(25)16-19(17)23/h15-16,18H,5-14H2,1-4H3. The Morgan fingerprint density at radius 3 is 2.00 bits per heavy atom. The van der Waals surface area contributed by atoms with Crippen molar-refractivity contribution in [3.05, 3.63) is 35.1 Å². The minimum absolute atomic E-state index is 0.0520. The molecule has 0 aromatic heterocycles. The molecule has 0 heterocycles. The quantitative estimate of drug-likeness (QED) is 0.198. The summed E-state index contributed by atoms with van der Waals surface area (Å²) in [7, 11) is 3.25. The molecule has 0 saturated carbocycles. The molecule has 1 unspecified atom stereocenters. The second-order valence-corrected chi connectivity index (χ2v) is 7.22. The smallest absolute Gasteiger partial charge is 0.170 e. The van der Waals surface area contributed by atoms with Crippen LogP contribution in [-0.4, -0.2) is 20.0 Å². The maximum absolute atomic E-state index is 14.0. The van der Waals surface area contributed by atoms with Crippen molar-refractivity contribution in [2.45, 2.75) is 83.8 Å². The Balaban J connectivity index is 2.77. The summed E-state index contributed by atoms with van der Waals surface area (Å²) in [6, 6.07) is 1.58. The molecule has 0 aliphatic heterocycles. The predicted molar refractivity (Wildman–Crippen MR) is 103 cm³/mol. The van der Waals surface area contributed by atoms with Gasteiger partial charge in [-0.25, -0.2) is 13.2 Å². The average Bonchev–Trinajstić information content (AvgIpc) is 2.67. The highest BCUT2D eigenvalue weighted by atomic mass is 19.2. The molecule has 0 bridgehead atoms. The zero-order valence-electron chi connectivity index (χ0n) is 17.3. The molecule has 2 nitrogen and oxygen atoms in total. The van der Waals surface area contributed by atoms with Crippen LogP contribution in [0.2, 0.25) is 0 Å². The minimum Gasteiger partial charge on any atom is -0.353 e. The van der Waals surface area contributed by atoms with Gasteiger partial charge in [0.1, 0.15) is 5.82 Å². The lowest BCUT2D eigenvalue weighted by atomic mass is 9.85. The lowest BCUT2D eigenvalue weighted by Crippen LogP contribution is -2.41. The number of rotatable bonds is 14. The number of benzene rings is 1. The van der Waals surface area contributed by atoms with Gasteiger partial charge in [0.2, 0.25) is 0 Å². The normalized spacial score (nSPS) is 13.1. The first-order valence-electron chi connectivity index (χ1n) is 10.2. The van der Waals surface area contributed by atoms with Crippen LogP contribution >= 0.6 is 0 Å². The van der Waals surface area contributed by atoms with Gasteiger partial charge in [0.15, 0.2) is 17.4 Å². The molecule has 0 saturated heterocycles. The first-order chi connectivity index (χ1) is 12.9. The van der Waals surface area contributed by atoms with Crippen molar-refractivity contribution < 1.29 is 22.6 Å². The number of aryl methyl sites for hydroxylation is 1. The molecule has 1 aromatic carbocycles. The monoisotopic (exact) mass is 388 g/mol. The van der Waals surface area contributed by atoms with Gasteiger partial charge in [0.25, 0.3) is 0 Å². The molecule has 1 atom stereocenters. The fourth-order valence-corrected chi connectivity index (χ4v) is 3.83. The van der Waals surface area contributed by atoms with E-state index in [9.17, 15) is 13.2 Å². The topological polar surface area (TPSA) is 18.5 Å². The Labute approximate surface area is 162 Å². The van der Waals surface area contributed by atoms with Crippen molar-refractivity contribution in [1.29, 1.82) is 0 Å². The molecule has 1 rings (SSSR count). The van der Waals surface area contributed by atoms with E-state index < -0.39 is 23.2 Å². The number of methoxy groups -OCH3 is 2. The molecule has 0 aliphatic carbocycles. The van der Waals surface area contributed by atoms with Crippen molar-refractivity contribution in [2.24, 2.45) is 5.92 Å². The summed E-state index contributed by atoms with van der Waals surface area (Å²) in [6.45, 7) is 4.19. The highest BCUT2D eigenvalue weighted by Gasteiger charge is 2.37. The van der Waals surface area contributed by atoms with E-state index in [2.05, 4.69) is 6.92 Å². The van der Waals surface area contributed by atoms with Crippen LogP contribution in [0.1, 0.15) is 77.2 Å². The Morgan fingerprint density at radius 1 is 0.815 bits per heavy atom. The summed E-state index contributed by atoms with van der Waals surface area (Å²) in [6.07, 6.45) is 9.58. The minimum atomic E-state index is -1.16. The SMILES string of the molecule is CCCCCCCCC(CCc1cc(F)c(F)cc1F)C(CC)(OC)OC. The van der Waals surface area contributed by atoms with Gasteiger partial charge in [-0.3, -0.25) is 0 Å². The van der Waals surface area contributed by atoms with Crippen molar-refractivity contribution in [3.63, 3.8) is 0 Å². The Hall–Kier alpha value is -1.07. The number of halogens is 3. The second kappa shape index (κ2) is 12.4. The summed E-state index contributed by atoms with van der Waals surface area (Å²) in [5.74, 6) is -3.56. The molecule has 5 heteroatoms. The van der Waals surface area contributed by atoms with Gasteiger partial charge in [0, 0.05) is 26.2 Å². The largest absolute Gasteiger partial charge is 0.353 e. The van der Waals surface area contributed by atoms with Crippen LogP contribution in [0.3, 0.4) is 0 Å². The van der Waals surface area contributed by atoms with Crippen LogP contribution in [0.15, 0.2) is 12.1 Å². The molecular formula is C22H35F3O2. The van der Waals surface area contributed by atoms with E-state index in [-0.39, 0.29) is 11.5 Å². The average molecular weight is 389 g/mol. The van der Waals surface area contributed by atoms with Crippen molar-refractivity contribution >= 4 is 0 Å². The molecule has 0 N–H and O–H groups in total. The maximum atomic E-state index is 14.0. The van der Waals surface area contributed by atoms with E-state index in [1.165, 1.54) is 25.7 Å². The fraction of sp³-hybridized carbons (Fsp3) is 0.727. The molecule has 0 spiro atoms. The van der Waals surface area contributed by atoms with Crippen LogP contribution < -0.4 is 0 Å². The predicted octanol–water partition coefficient (Wildman–Crippen LogP) is 6.80. The number of hydrogen-bond acceptors (Lipinski definition) is 2. The zero-order valence-corrected chi connectivity index (χ0v) is 17.3. The van der Waals surface area contributed by atoms with Crippen LogP contribution in [0, 0.1) is 23.4 Å². The van der Waals surface area contributed by atoms with Crippen molar-refractivity contribution in [2.75, 3.05) is 14.2 Å². The van der Waals surface area contributed by atoms with Gasteiger partial charge in [-0.1, -0.05) is 52.4 Å². The third-order valence-electron chi connectivity index (χ3n) is 5.56. The molecule has 0 aliphatic rings. The fourth-order valence-electron chi connectivity index (χ4n) is 3.83. The highest BCUT2D eigenvalue weighted by Crippen LogP contribution is 2.34. The number of unbranched alkanes of at least 4 members (excludes halogenated alkanes) is 5. The van der Waals surface area contributed by atoms with Crippen LogP contribution in [-0.2, 0) is 15.9 Å². The summed E-state index contributed by atoms with van der Waals surface area (Å²) < 4.78 is 52.0. The molecule has 1 aromatic rings. The maximum Gasteiger partial charge on any atom is 0.170 e. The lowest BCUT2D eigenvalue weighted by Gasteiger charge is -2.38. The van der Waals surface area contributed by atoms with Crippen LogP contribution in [0.5, 0.6) is 0 Å². The molecule has 156 valence electrons. The van der Waals surface area contributed by atoms with Crippen molar-refractivity contribution in [1.82, 2.24) is 0 Å². The molecule has 27 heavy (non-hydrogen) atoms. The Kier molecular flexibility index (Phi) is 11.0. The lowest BCUT2D eigenvalue weighted by molar-refractivity contribution is -0.244. The van der Waals surface area contributed by atoms with Crippen LogP contribution in [0.25, 0.3) is 0 Å². The van der Waals surface area contributed by atoms with E-state index in [1.807, 2.05) is 6.92 Å². The third kappa shape index (κ3) is 7.11. The Bertz CT molecular complexity index is 536. The first-order valence-corrected chi connectivity index (χ1v) is 10.2. The van der Waals surface area contributed by atoms with Crippen molar-refractivity contribution in [3.8, 4) is 0 Å². The van der Waals surface area contributed by atoms with Gasteiger partial charge in [-0.15, -0.1) is 0 Å². The zero-order chi connectivity index (χ0) is 20.3. The van der Waals surface area contributed by atoms with Gasteiger partial charge in [-0.05, 0) is 37.3 Å². The first kappa shape index (κ1) is 24.0. The second-order valence-electron chi connectivity index (χ2n) is 7.22. The van der Waals surface area contributed by atoms with Crippen LogP contribution in [0.4, 0.5) is 13.2 Å².